The molecule has 0 saturated carbocycles. The van der Waals surface area contributed by atoms with Crippen LogP contribution in [0.15, 0.2) is 24.3 Å². The molecule has 3 N–H and O–H groups in total. The van der Waals surface area contributed by atoms with E-state index in [1.54, 1.807) is 24.3 Å². The van der Waals surface area contributed by atoms with Crippen LogP contribution in [0.5, 0.6) is 0 Å². The van der Waals surface area contributed by atoms with Crippen LogP contribution in [0.3, 0.4) is 0 Å². The molecule has 0 bridgehead atoms. The van der Waals surface area contributed by atoms with Gasteiger partial charge in [0, 0.05) is 10.6 Å². The maximum Gasteiger partial charge on any atom is 0.252 e. The number of hydrogen-bond donors (Lipinski definition) is 2. The van der Waals surface area contributed by atoms with Crippen LogP contribution in [0.1, 0.15) is 37.0 Å². The second-order valence-electron chi connectivity index (χ2n) is 4.11. The number of carbonyl (C=O) groups is 1. The lowest BCUT2D eigenvalue weighted by molar-refractivity contribution is 0.0920. The Morgan fingerprint density at radius 1 is 1.33 bits per heavy atom. The summed E-state index contributed by atoms with van der Waals surface area (Å²) in [5.74, 6) is -0.192. The van der Waals surface area contributed by atoms with Crippen molar-refractivity contribution in [2.45, 2.75) is 32.2 Å². The van der Waals surface area contributed by atoms with Gasteiger partial charge in [0.2, 0.25) is 0 Å². The topological polar surface area (TPSA) is 55.1 Å². The molecule has 0 atom stereocenters. The summed E-state index contributed by atoms with van der Waals surface area (Å²) >= 11 is 10.8. The van der Waals surface area contributed by atoms with Gasteiger partial charge in [-0.3, -0.25) is 4.79 Å². The molecule has 0 aliphatic heterocycles. The van der Waals surface area contributed by atoms with Gasteiger partial charge in [-0.05, 0) is 37.1 Å². The molecule has 0 unspecified atom stereocenters. The van der Waals surface area contributed by atoms with Gasteiger partial charge in [0.1, 0.15) is 0 Å². The van der Waals surface area contributed by atoms with Gasteiger partial charge in [0.15, 0.2) is 0 Å². The lowest BCUT2D eigenvalue weighted by Gasteiger charge is -2.31. The molecule has 18 heavy (non-hydrogen) atoms. The SMILES string of the molecule is CCC(CC)(NC(=O)c1ccc(Cl)cc1)C(N)=S. The molecular formula is C13H17ClN2OS. The smallest absolute Gasteiger partial charge is 0.252 e. The van der Waals surface area contributed by atoms with Gasteiger partial charge in [-0.15, -0.1) is 0 Å². The fraction of sp³-hybridized carbons (Fsp3) is 0.385. The van der Waals surface area contributed by atoms with E-state index in [1.807, 2.05) is 13.8 Å². The molecule has 0 aliphatic rings. The molecule has 0 fully saturated rings. The van der Waals surface area contributed by atoms with Gasteiger partial charge in [-0.25, -0.2) is 0 Å². The molecule has 0 radical (unpaired) electrons. The zero-order chi connectivity index (χ0) is 13.8. The minimum Gasteiger partial charge on any atom is -0.391 e. The van der Waals surface area contributed by atoms with E-state index in [9.17, 15) is 4.79 Å². The Hall–Kier alpha value is -1.13. The van der Waals surface area contributed by atoms with Crippen LogP contribution in [-0.2, 0) is 0 Å². The lowest BCUT2D eigenvalue weighted by Crippen LogP contribution is -2.55. The Balaban J connectivity index is 2.91. The summed E-state index contributed by atoms with van der Waals surface area (Å²) < 4.78 is 0. The van der Waals surface area contributed by atoms with Crippen molar-refractivity contribution in [3.05, 3.63) is 34.9 Å². The van der Waals surface area contributed by atoms with Gasteiger partial charge < -0.3 is 11.1 Å². The van der Waals surface area contributed by atoms with Gasteiger partial charge in [0.05, 0.1) is 10.5 Å². The average molecular weight is 285 g/mol. The van der Waals surface area contributed by atoms with Crippen molar-refractivity contribution in [1.82, 2.24) is 5.32 Å². The van der Waals surface area contributed by atoms with Crippen LogP contribution < -0.4 is 11.1 Å². The number of nitrogens with two attached hydrogens (primary N) is 1. The van der Waals surface area contributed by atoms with Crippen molar-refractivity contribution in [1.29, 1.82) is 0 Å². The molecule has 98 valence electrons. The van der Waals surface area contributed by atoms with Gasteiger partial charge in [-0.2, -0.15) is 0 Å². The Labute approximate surface area is 118 Å². The lowest BCUT2D eigenvalue weighted by atomic mass is 9.92. The van der Waals surface area contributed by atoms with Crippen molar-refractivity contribution < 1.29 is 4.79 Å². The summed E-state index contributed by atoms with van der Waals surface area (Å²) in [4.78, 5) is 12.4. The third-order valence-corrected chi connectivity index (χ3v) is 3.78. The first kappa shape index (κ1) is 14.9. The molecule has 0 aromatic heterocycles. The number of benzene rings is 1. The van der Waals surface area contributed by atoms with E-state index in [4.69, 9.17) is 29.6 Å². The fourth-order valence-electron chi connectivity index (χ4n) is 1.73. The molecule has 0 heterocycles. The van der Waals surface area contributed by atoms with Gasteiger partial charge in [-0.1, -0.05) is 37.7 Å². The van der Waals surface area contributed by atoms with E-state index in [0.717, 1.165) is 0 Å². The molecule has 1 rings (SSSR count). The number of carbonyl (C=O) groups excluding carboxylic acids is 1. The predicted octanol–water partition coefficient (Wildman–Crippen LogP) is 2.91. The zero-order valence-electron chi connectivity index (χ0n) is 10.5. The van der Waals surface area contributed by atoms with Gasteiger partial charge in [0.25, 0.3) is 5.91 Å². The normalized spacial score (nSPS) is 11.1. The van der Waals surface area contributed by atoms with Crippen molar-refractivity contribution in [3.8, 4) is 0 Å². The van der Waals surface area contributed by atoms with Crippen molar-refractivity contribution in [2.75, 3.05) is 0 Å². The summed E-state index contributed by atoms with van der Waals surface area (Å²) in [6, 6.07) is 6.70. The summed E-state index contributed by atoms with van der Waals surface area (Å²) in [5.41, 5.74) is 5.66. The first-order valence-corrected chi connectivity index (χ1v) is 6.61. The summed E-state index contributed by atoms with van der Waals surface area (Å²) in [5, 5.41) is 3.51. The van der Waals surface area contributed by atoms with Crippen LogP contribution >= 0.6 is 23.8 Å². The molecule has 0 spiro atoms. The quantitative estimate of drug-likeness (QED) is 0.818. The van der Waals surface area contributed by atoms with Crippen LogP contribution in [0.4, 0.5) is 0 Å². The van der Waals surface area contributed by atoms with E-state index in [-0.39, 0.29) is 5.91 Å². The number of amides is 1. The molecular weight excluding hydrogens is 268 g/mol. The Kier molecular flexibility index (Phi) is 5.11. The van der Waals surface area contributed by atoms with Crippen molar-refractivity contribution in [3.63, 3.8) is 0 Å². The number of rotatable bonds is 5. The molecule has 5 heteroatoms. The maximum atomic E-state index is 12.1. The van der Waals surface area contributed by atoms with E-state index >= 15 is 0 Å². The zero-order valence-corrected chi connectivity index (χ0v) is 12.1. The predicted molar refractivity (Wildman–Crippen MR) is 79.0 cm³/mol. The number of thiocarbonyl (C=S) groups is 1. The molecule has 1 amide bonds. The third kappa shape index (κ3) is 3.21. The highest BCUT2D eigenvalue weighted by atomic mass is 35.5. The molecule has 0 saturated heterocycles. The maximum absolute atomic E-state index is 12.1. The van der Waals surface area contributed by atoms with E-state index in [0.29, 0.717) is 28.4 Å². The monoisotopic (exact) mass is 284 g/mol. The molecule has 0 aliphatic carbocycles. The average Bonchev–Trinajstić information content (AvgIpc) is 2.36. The summed E-state index contributed by atoms with van der Waals surface area (Å²) in [6.45, 7) is 3.90. The number of halogens is 1. The van der Waals surface area contributed by atoms with E-state index < -0.39 is 5.54 Å². The molecule has 1 aromatic rings. The molecule has 1 aromatic carbocycles. The Morgan fingerprint density at radius 3 is 2.22 bits per heavy atom. The van der Waals surface area contributed by atoms with E-state index in [2.05, 4.69) is 5.32 Å². The standard InChI is InChI=1S/C13H17ClN2OS/c1-3-13(4-2,12(15)18)16-11(17)9-5-7-10(14)8-6-9/h5-8H,3-4H2,1-2H3,(H2,15,18)(H,16,17). The number of hydrogen-bond acceptors (Lipinski definition) is 2. The van der Waals surface area contributed by atoms with Crippen LogP contribution in [0.25, 0.3) is 0 Å². The second-order valence-corrected chi connectivity index (χ2v) is 4.99. The Bertz CT molecular complexity index is 441. The molecule has 3 nitrogen and oxygen atoms in total. The highest BCUT2D eigenvalue weighted by Gasteiger charge is 2.31. The first-order chi connectivity index (χ1) is 8.45. The minimum atomic E-state index is -0.619. The third-order valence-electron chi connectivity index (χ3n) is 3.14. The van der Waals surface area contributed by atoms with Gasteiger partial charge >= 0.3 is 0 Å². The van der Waals surface area contributed by atoms with E-state index in [1.165, 1.54) is 0 Å². The Morgan fingerprint density at radius 2 is 1.83 bits per heavy atom. The van der Waals surface area contributed by atoms with Crippen LogP contribution in [0.2, 0.25) is 5.02 Å². The van der Waals surface area contributed by atoms with Crippen molar-refractivity contribution in [2.24, 2.45) is 5.73 Å². The minimum absolute atomic E-state index is 0.192. The number of nitrogens with one attached hydrogen (secondary N) is 1. The van der Waals surface area contributed by atoms with Crippen LogP contribution in [-0.4, -0.2) is 16.4 Å². The highest BCUT2D eigenvalue weighted by molar-refractivity contribution is 7.80. The summed E-state index contributed by atoms with van der Waals surface area (Å²) in [7, 11) is 0. The first-order valence-electron chi connectivity index (χ1n) is 5.83. The summed E-state index contributed by atoms with van der Waals surface area (Å²) in [6.07, 6.45) is 1.33. The second kappa shape index (κ2) is 6.16. The largest absolute Gasteiger partial charge is 0.391 e. The van der Waals surface area contributed by atoms with Crippen molar-refractivity contribution >= 4 is 34.7 Å². The van der Waals surface area contributed by atoms with Crippen LogP contribution in [0, 0.1) is 0 Å². The highest BCUT2D eigenvalue weighted by Crippen LogP contribution is 2.17. The fourth-order valence-corrected chi connectivity index (χ4v) is 2.19.